The number of hydrogen-bond acceptors (Lipinski definition) is 2. The maximum absolute atomic E-state index is 10.1. The Kier molecular flexibility index (Phi) is 2.71. The van der Waals surface area contributed by atoms with Gasteiger partial charge in [-0.2, -0.15) is 0 Å². The van der Waals surface area contributed by atoms with Crippen LogP contribution in [0, 0.1) is 0 Å². The molecule has 0 saturated heterocycles. The molecule has 3 rings (SSSR count). The first-order valence-electron chi connectivity index (χ1n) is 6.22. The Morgan fingerprint density at radius 1 is 1.41 bits per heavy atom. The lowest BCUT2D eigenvalue weighted by molar-refractivity contribution is 0.150. The molecular formula is C14H17BrO2. The summed E-state index contributed by atoms with van der Waals surface area (Å²) in [5, 5.41) is 10.1. The molecule has 0 heterocycles. The van der Waals surface area contributed by atoms with Crippen LogP contribution in [0.1, 0.15) is 36.0 Å². The van der Waals surface area contributed by atoms with E-state index >= 15 is 0 Å². The molecule has 1 aromatic rings. The molecule has 1 saturated carbocycles. The number of ether oxygens (including phenoxy) is 1. The lowest BCUT2D eigenvalue weighted by Gasteiger charge is -2.16. The Bertz CT molecular complexity index is 464. The third-order valence-electron chi connectivity index (χ3n) is 3.92. The van der Waals surface area contributed by atoms with Crippen LogP contribution in [0.5, 0.6) is 5.75 Å². The largest absolute Gasteiger partial charge is 0.495 e. The topological polar surface area (TPSA) is 29.5 Å². The second-order valence-electron chi connectivity index (χ2n) is 5.28. The van der Waals surface area contributed by atoms with Crippen molar-refractivity contribution in [1.29, 1.82) is 0 Å². The van der Waals surface area contributed by atoms with Crippen LogP contribution in [0.4, 0.5) is 0 Å². The Morgan fingerprint density at radius 3 is 2.82 bits per heavy atom. The molecule has 17 heavy (non-hydrogen) atoms. The minimum absolute atomic E-state index is 0.459. The SMILES string of the molecule is COc1c(CC2(O)CC2)cc2c(c1Br)CCC2. The van der Waals surface area contributed by atoms with Gasteiger partial charge in [-0.3, -0.25) is 0 Å². The van der Waals surface area contributed by atoms with Crippen molar-refractivity contribution < 1.29 is 9.84 Å². The summed E-state index contributed by atoms with van der Waals surface area (Å²) in [5.74, 6) is 0.922. The van der Waals surface area contributed by atoms with Crippen LogP contribution in [0.3, 0.4) is 0 Å². The standard InChI is InChI=1S/C14H17BrO2/c1-17-13-10(8-14(16)5-6-14)7-9-3-2-4-11(9)12(13)15/h7,16H,2-6,8H2,1H3. The molecule has 0 bridgehead atoms. The van der Waals surface area contributed by atoms with Gasteiger partial charge in [0.2, 0.25) is 0 Å². The normalized spacial score (nSPS) is 20.2. The van der Waals surface area contributed by atoms with Crippen molar-refractivity contribution in [3.63, 3.8) is 0 Å². The van der Waals surface area contributed by atoms with E-state index in [4.69, 9.17) is 4.74 Å². The van der Waals surface area contributed by atoms with Crippen molar-refractivity contribution >= 4 is 15.9 Å². The molecule has 0 amide bonds. The first-order chi connectivity index (χ1) is 8.13. The third kappa shape index (κ3) is 2.00. The van der Waals surface area contributed by atoms with Crippen LogP contribution >= 0.6 is 15.9 Å². The lowest BCUT2D eigenvalue weighted by Crippen LogP contribution is -2.12. The smallest absolute Gasteiger partial charge is 0.136 e. The number of benzene rings is 1. The molecule has 1 N–H and O–H groups in total. The van der Waals surface area contributed by atoms with Crippen LogP contribution in [0.15, 0.2) is 10.5 Å². The summed E-state index contributed by atoms with van der Waals surface area (Å²) >= 11 is 3.66. The number of halogens is 1. The minimum Gasteiger partial charge on any atom is -0.495 e. The highest BCUT2D eigenvalue weighted by molar-refractivity contribution is 9.10. The van der Waals surface area contributed by atoms with Gasteiger partial charge in [0, 0.05) is 6.42 Å². The van der Waals surface area contributed by atoms with Gasteiger partial charge in [-0.1, -0.05) is 6.07 Å². The first-order valence-corrected chi connectivity index (χ1v) is 7.02. The van der Waals surface area contributed by atoms with E-state index in [-0.39, 0.29) is 0 Å². The number of methoxy groups -OCH3 is 1. The van der Waals surface area contributed by atoms with Crippen molar-refractivity contribution in [3.05, 3.63) is 27.2 Å². The highest BCUT2D eigenvalue weighted by Crippen LogP contribution is 2.44. The molecule has 0 aromatic heterocycles. The van der Waals surface area contributed by atoms with E-state index in [1.165, 1.54) is 17.5 Å². The minimum atomic E-state index is -0.459. The zero-order valence-corrected chi connectivity index (χ0v) is 11.6. The summed E-state index contributed by atoms with van der Waals surface area (Å²) < 4.78 is 6.62. The van der Waals surface area contributed by atoms with Gasteiger partial charge in [0.05, 0.1) is 17.2 Å². The maximum atomic E-state index is 10.1. The van der Waals surface area contributed by atoms with Crippen LogP contribution in [0.2, 0.25) is 0 Å². The fraction of sp³-hybridized carbons (Fsp3) is 0.571. The van der Waals surface area contributed by atoms with E-state index in [1.54, 1.807) is 7.11 Å². The van der Waals surface area contributed by atoms with Crippen LogP contribution in [-0.2, 0) is 19.3 Å². The predicted octanol–water partition coefficient (Wildman–Crippen LogP) is 3.01. The van der Waals surface area contributed by atoms with Gasteiger partial charge in [-0.15, -0.1) is 0 Å². The van der Waals surface area contributed by atoms with E-state index in [2.05, 4.69) is 22.0 Å². The quantitative estimate of drug-likeness (QED) is 0.929. The number of hydrogen-bond donors (Lipinski definition) is 1. The van der Waals surface area contributed by atoms with Gasteiger partial charge in [-0.25, -0.2) is 0 Å². The number of aliphatic hydroxyl groups is 1. The van der Waals surface area contributed by atoms with Crippen LogP contribution in [-0.4, -0.2) is 17.8 Å². The van der Waals surface area contributed by atoms with Crippen molar-refractivity contribution in [1.82, 2.24) is 0 Å². The Morgan fingerprint density at radius 2 is 2.18 bits per heavy atom. The fourth-order valence-electron chi connectivity index (χ4n) is 2.76. The Hall–Kier alpha value is -0.540. The van der Waals surface area contributed by atoms with Gasteiger partial charge in [-0.05, 0) is 64.7 Å². The zero-order chi connectivity index (χ0) is 12.0. The molecule has 2 nitrogen and oxygen atoms in total. The van der Waals surface area contributed by atoms with Crippen LogP contribution in [0.25, 0.3) is 0 Å². The number of rotatable bonds is 3. The molecule has 1 fully saturated rings. The van der Waals surface area contributed by atoms with E-state index in [9.17, 15) is 5.11 Å². The second-order valence-corrected chi connectivity index (χ2v) is 6.07. The summed E-state index contributed by atoms with van der Waals surface area (Å²) in [5.41, 5.74) is 3.52. The monoisotopic (exact) mass is 296 g/mol. The molecule has 2 aliphatic rings. The lowest BCUT2D eigenvalue weighted by atomic mass is 10.00. The van der Waals surface area contributed by atoms with Crippen molar-refractivity contribution in [3.8, 4) is 5.75 Å². The van der Waals surface area contributed by atoms with Crippen molar-refractivity contribution in [2.75, 3.05) is 7.11 Å². The number of fused-ring (bicyclic) bond motifs is 1. The number of aryl methyl sites for hydroxylation is 1. The third-order valence-corrected chi connectivity index (χ3v) is 4.75. The maximum Gasteiger partial charge on any atom is 0.136 e. The Balaban J connectivity index is 2.04. The fourth-order valence-corrected chi connectivity index (χ4v) is 3.63. The summed E-state index contributed by atoms with van der Waals surface area (Å²) in [4.78, 5) is 0. The Labute approximate surface area is 110 Å². The second kappa shape index (κ2) is 3.99. The summed E-state index contributed by atoms with van der Waals surface area (Å²) in [6.45, 7) is 0. The van der Waals surface area contributed by atoms with Crippen molar-refractivity contribution in [2.24, 2.45) is 0 Å². The van der Waals surface area contributed by atoms with E-state index in [0.29, 0.717) is 0 Å². The van der Waals surface area contributed by atoms with Gasteiger partial charge in [0.15, 0.2) is 0 Å². The first kappa shape index (κ1) is 11.5. The van der Waals surface area contributed by atoms with Gasteiger partial charge in [0.25, 0.3) is 0 Å². The highest BCUT2D eigenvalue weighted by atomic mass is 79.9. The predicted molar refractivity (Wildman–Crippen MR) is 70.6 cm³/mol. The molecule has 0 spiro atoms. The molecule has 92 valence electrons. The summed E-state index contributed by atoms with van der Waals surface area (Å²) in [6.07, 6.45) is 6.09. The van der Waals surface area contributed by atoms with E-state index < -0.39 is 5.60 Å². The van der Waals surface area contributed by atoms with Crippen LogP contribution < -0.4 is 4.74 Å². The summed E-state index contributed by atoms with van der Waals surface area (Å²) in [6, 6.07) is 2.24. The van der Waals surface area contributed by atoms with Gasteiger partial charge in [0.1, 0.15) is 5.75 Å². The molecule has 1 aromatic carbocycles. The molecular weight excluding hydrogens is 280 g/mol. The van der Waals surface area contributed by atoms with Gasteiger partial charge >= 0.3 is 0 Å². The van der Waals surface area contributed by atoms with E-state index in [1.807, 2.05) is 0 Å². The molecule has 3 heteroatoms. The summed E-state index contributed by atoms with van der Waals surface area (Å²) in [7, 11) is 1.71. The highest BCUT2D eigenvalue weighted by Gasteiger charge is 2.41. The molecule has 2 aliphatic carbocycles. The van der Waals surface area contributed by atoms with Gasteiger partial charge < -0.3 is 9.84 Å². The molecule has 0 atom stereocenters. The molecule has 0 aliphatic heterocycles. The average molecular weight is 297 g/mol. The van der Waals surface area contributed by atoms with Crippen molar-refractivity contribution in [2.45, 2.75) is 44.1 Å². The molecule has 0 unspecified atom stereocenters. The van der Waals surface area contributed by atoms with E-state index in [0.717, 1.165) is 47.9 Å². The zero-order valence-electron chi connectivity index (χ0n) is 10.1. The molecule has 0 radical (unpaired) electrons. The average Bonchev–Trinajstić information content (AvgIpc) is 2.83.